The van der Waals surface area contributed by atoms with Crippen LogP contribution in [-0.2, 0) is 49.0 Å². The molecule has 0 aliphatic heterocycles. The van der Waals surface area contributed by atoms with Gasteiger partial charge in [0.25, 0.3) is 0 Å². The fraction of sp³-hybridized carbons (Fsp3) is 0.333. The summed E-state index contributed by atoms with van der Waals surface area (Å²) in [5.74, 6) is -4.15. The second-order valence-electron chi connectivity index (χ2n) is 14.4. The minimum absolute atomic E-state index is 0.444. The quantitative estimate of drug-likeness (QED) is 0.181. The zero-order valence-electron chi connectivity index (χ0n) is 29.4. The topological polar surface area (TPSA) is 146 Å². The molecule has 52 heavy (non-hydrogen) atoms. The van der Waals surface area contributed by atoms with Gasteiger partial charge >= 0.3 is 23.9 Å². The van der Waals surface area contributed by atoms with Crippen LogP contribution in [0.5, 0.6) is 0 Å². The molecule has 4 aromatic carbocycles. The van der Waals surface area contributed by atoms with Crippen LogP contribution in [0.15, 0.2) is 97.1 Å². The molecule has 2 atom stereocenters. The van der Waals surface area contributed by atoms with Gasteiger partial charge < -0.3 is 29.2 Å². The highest BCUT2D eigenvalue weighted by Gasteiger charge is 2.68. The molecule has 4 bridgehead atoms. The summed E-state index contributed by atoms with van der Waals surface area (Å²) in [7, 11) is 2.43. The summed E-state index contributed by atoms with van der Waals surface area (Å²) in [4.78, 5) is 56.4. The van der Waals surface area contributed by atoms with E-state index in [1.807, 2.05) is 97.1 Å². The monoisotopic (exact) mass is 704 g/mol. The molecule has 268 valence electrons. The Kier molecular flexibility index (Phi) is 8.58. The maximum Gasteiger partial charge on any atom is 0.322 e. The predicted octanol–water partition coefficient (Wildman–Crippen LogP) is 4.29. The fourth-order valence-electron chi connectivity index (χ4n) is 8.80. The lowest BCUT2D eigenvalue weighted by Crippen LogP contribution is -2.59. The van der Waals surface area contributed by atoms with Crippen molar-refractivity contribution in [2.75, 3.05) is 40.6 Å². The van der Waals surface area contributed by atoms with Crippen molar-refractivity contribution in [2.24, 2.45) is 10.8 Å². The average molecular weight is 705 g/mol. The van der Waals surface area contributed by atoms with Crippen molar-refractivity contribution in [3.8, 4) is 0 Å². The first-order chi connectivity index (χ1) is 25.0. The van der Waals surface area contributed by atoms with Crippen LogP contribution in [0.4, 0.5) is 0 Å². The molecule has 0 heterocycles. The number of carbonyl (C=O) groups excluding carboxylic acids is 4. The maximum atomic E-state index is 15.4. The summed E-state index contributed by atoms with van der Waals surface area (Å²) in [6, 6.07) is 30.0. The number of rotatable bonds is 10. The van der Waals surface area contributed by atoms with Crippen LogP contribution in [-0.4, -0.2) is 74.7 Å². The average Bonchev–Trinajstić information content (AvgIpc) is 3.18. The van der Waals surface area contributed by atoms with Crippen molar-refractivity contribution in [3.63, 3.8) is 0 Å². The Bertz CT molecular complexity index is 1860. The first kappa shape index (κ1) is 35.1. The molecule has 10 heteroatoms. The fourth-order valence-corrected chi connectivity index (χ4v) is 8.80. The number of ether oxygens (including phenoxy) is 4. The molecule has 0 saturated carbocycles. The summed E-state index contributed by atoms with van der Waals surface area (Å²) < 4.78 is 22.3. The van der Waals surface area contributed by atoms with E-state index in [0.29, 0.717) is 44.5 Å². The van der Waals surface area contributed by atoms with E-state index in [1.54, 1.807) is 0 Å². The molecule has 0 amide bonds. The van der Waals surface area contributed by atoms with Crippen molar-refractivity contribution in [1.29, 1.82) is 0 Å². The SMILES string of the molecule is COC(=O)C(C)(CO)COC(=O)C12c3ccccc3C(c3ccccc31)C1(C(=O)OCC(C)(CO)C(=O)OC)c3ccccc3C2c2ccccc21. The molecule has 6 aliphatic rings. The number of aliphatic hydroxyl groups is 2. The number of carbonyl (C=O) groups is 4. The standard InChI is InChI=1S/C42H40O10/c1-39(21-43,35(45)49-3)23-51-37(47)41-29-17-9-5-13-25(29)34(26-14-6-10-18-30(26)41)42(38(48)52-24-40(2,22-44)36(46)50-4)31-19-11-7-15-27(31)33(41)28-16-8-12-20-32(28)42/h5-20,33-34,43-44H,21-24H2,1-4H3. The summed E-state index contributed by atoms with van der Waals surface area (Å²) in [5.41, 5.74) is -0.706. The molecule has 0 radical (unpaired) electrons. The van der Waals surface area contributed by atoms with E-state index in [0.717, 1.165) is 0 Å². The van der Waals surface area contributed by atoms with E-state index < -0.39 is 83.8 Å². The lowest BCUT2D eigenvalue weighted by Gasteiger charge is -2.58. The minimum atomic E-state index is -1.52. The highest BCUT2D eigenvalue weighted by Crippen LogP contribution is 2.68. The van der Waals surface area contributed by atoms with Crippen molar-refractivity contribution in [3.05, 3.63) is 142 Å². The van der Waals surface area contributed by atoms with Crippen molar-refractivity contribution >= 4 is 23.9 Å². The second kappa shape index (κ2) is 12.7. The summed E-state index contributed by atoms with van der Waals surface area (Å²) in [5, 5.41) is 20.5. The van der Waals surface area contributed by atoms with Crippen LogP contribution in [0.2, 0.25) is 0 Å². The lowest BCUT2D eigenvalue weighted by atomic mass is 9.42. The van der Waals surface area contributed by atoms with Crippen LogP contribution < -0.4 is 0 Å². The predicted molar refractivity (Wildman–Crippen MR) is 187 cm³/mol. The van der Waals surface area contributed by atoms with Crippen LogP contribution in [0.25, 0.3) is 0 Å². The van der Waals surface area contributed by atoms with E-state index in [1.165, 1.54) is 28.1 Å². The zero-order chi connectivity index (χ0) is 37.1. The van der Waals surface area contributed by atoms with Gasteiger partial charge in [-0.15, -0.1) is 0 Å². The summed E-state index contributed by atoms with van der Waals surface area (Å²) in [6.07, 6.45) is 0. The van der Waals surface area contributed by atoms with E-state index in [-0.39, 0.29) is 0 Å². The van der Waals surface area contributed by atoms with Gasteiger partial charge in [-0.05, 0) is 58.4 Å². The summed E-state index contributed by atoms with van der Waals surface area (Å²) in [6.45, 7) is 0.851. The molecule has 10 rings (SSSR count). The molecule has 0 saturated heterocycles. The van der Waals surface area contributed by atoms with Gasteiger partial charge in [0.1, 0.15) is 34.9 Å². The lowest BCUT2D eigenvalue weighted by molar-refractivity contribution is -0.166. The number of hydrogen-bond donors (Lipinski definition) is 2. The Morgan fingerprint density at radius 1 is 0.538 bits per heavy atom. The van der Waals surface area contributed by atoms with Gasteiger partial charge in [-0.3, -0.25) is 19.2 Å². The van der Waals surface area contributed by atoms with Crippen LogP contribution in [0, 0.1) is 10.8 Å². The van der Waals surface area contributed by atoms with Gasteiger partial charge in [0, 0.05) is 11.8 Å². The summed E-state index contributed by atoms with van der Waals surface area (Å²) >= 11 is 0. The number of methoxy groups -OCH3 is 2. The minimum Gasteiger partial charge on any atom is -0.468 e. The van der Waals surface area contributed by atoms with E-state index in [4.69, 9.17) is 18.9 Å². The molecule has 6 aliphatic carbocycles. The second-order valence-corrected chi connectivity index (χ2v) is 14.4. The number of hydrogen-bond acceptors (Lipinski definition) is 10. The highest BCUT2D eigenvalue weighted by molar-refractivity contribution is 6.00. The van der Waals surface area contributed by atoms with Gasteiger partial charge in [0.05, 0.1) is 27.4 Å². The van der Waals surface area contributed by atoms with Crippen LogP contribution >= 0.6 is 0 Å². The molecular weight excluding hydrogens is 664 g/mol. The maximum absolute atomic E-state index is 15.4. The van der Waals surface area contributed by atoms with Crippen molar-refractivity contribution in [1.82, 2.24) is 0 Å². The molecule has 0 spiro atoms. The van der Waals surface area contributed by atoms with Gasteiger partial charge in [-0.2, -0.15) is 0 Å². The Balaban J connectivity index is 1.55. The third-order valence-corrected chi connectivity index (χ3v) is 11.4. The van der Waals surface area contributed by atoms with E-state index >= 15 is 9.59 Å². The Morgan fingerprint density at radius 3 is 1.06 bits per heavy atom. The highest BCUT2D eigenvalue weighted by atomic mass is 16.6. The smallest absolute Gasteiger partial charge is 0.322 e. The van der Waals surface area contributed by atoms with Crippen molar-refractivity contribution in [2.45, 2.75) is 36.5 Å². The molecule has 2 N–H and O–H groups in total. The van der Waals surface area contributed by atoms with E-state index in [2.05, 4.69) is 0 Å². The Morgan fingerprint density at radius 2 is 0.808 bits per heavy atom. The zero-order valence-corrected chi connectivity index (χ0v) is 29.4. The molecule has 0 fully saturated rings. The largest absolute Gasteiger partial charge is 0.468 e. The van der Waals surface area contributed by atoms with E-state index in [9.17, 15) is 19.8 Å². The van der Waals surface area contributed by atoms with Gasteiger partial charge in [0.2, 0.25) is 0 Å². The molecular formula is C42H40O10. The first-order valence-electron chi connectivity index (χ1n) is 17.1. The van der Waals surface area contributed by atoms with Gasteiger partial charge in [0.15, 0.2) is 0 Å². The van der Waals surface area contributed by atoms with Crippen LogP contribution in [0.3, 0.4) is 0 Å². The van der Waals surface area contributed by atoms with Crippen molar-refractivity contribution < 1.29 is 48.3 Å². The normalized spacial score (nSPS) is 23.9. The number of esters is 4. The molecule has 0 aromatic heterocycles. The molecule has 2 unspecified atom stereocenters. The first-order valence-corrected chi connectivity index (χ1v) is 17.1. The third kappa shape index (κ3) is 4.56. The number of aliphatic hydroxyl groups excluding tert-OH is 2. The molecule has 4 aromatic rings. The Labute approximate surface area is 301 Å². The molecule has 10 nitrogen and oxygen atoms in total. The number of benzene rings is 4. The third-order valence-electron chi connectivity index (χ3n) is 11.4. The van der Waals surface area contributed by atoms with Gasteiger partial charge in [-0.25, -0.2) is 0 Å². The van der Waals surface area contributed by atoms with Crippen LogP contribution in [0.1, 0.15) is 70.2 Å². The Hall–Kier alpha value is -5.32. The van der Waals surface area contributed by atoms with Gasteiger partial charge in [-0.1, -0.05) is 97.1 Å².